The van der Waals surface area contributed by atoms with E-state index < -0.39 is 0 Å². The molecule has 0 aliphatic heterocycles. The Labute approximate surface area is 117 Å². The molecule has 0 bridgehead atoms. The van der Waals surface area contributed by atoms with Crippen molar-refractivity contribution in [1.29, 1.82) is 0 Å². The van der Waals surface area contributed by atoms with Gasteiger partial charge < -0.3 is 9.67 Å². The number of nitrogens with zero attached hydrogens (tertiary/aromatic N) is 2. The van der Waals surface area contributed by atoms with E-state index in [1.165, 1.54) is 0 Å². The third-order valence-electron chi connectivity index (χ3n) is 2.42. The molecule has 0 aliphatic carbocycles. The Morgan fingerprint density at radius 2 is 2.06 bits per heavy atom. The molecule has 1 aromatic carbocycles. The van der Waals surface area contributed by atoms with E-state index in [1.54, 1.807) is 12.1 Å². The van der Waals surface area contributed by atoms with Gasteiger partial charge in [-0.05, 0) is 34.1 Å². The number of hydrogen-bond acceptors (Lipinski definition) is 2. The van der Waals surface area contributed by atoms with Crippen LogP contribution in [0.25, 0.3) is 11.4 Å². The van der Waals surface area contributed by atoms with Crippen molar-refractivity contribution >= 4 is 39.1 Å². The van der Waals surface area contributed by atoms with Crippen LogP contribution in [0, 0.1) is 0 Å². The third-order valence-corrected chi connectivity index (χ3v) is 4.15. The molecule has 6 heteroatoms. The zero-order valence-corrected chi connectivity index (χ0v) is 12.0. The van der Waals surface area contributed by atoms with E-state index in [-0.39, 0.29) is 6.61 Å². The minimum absolute atomic E-state index is 0.115. The second-order valence-electron chi connectivity index (χ2n) is 3.52. The summed E-state index contributed by atoms with van der Waals surface area (Å²) >= 11 is 15.2. The van der Waals surface area contributed by atoms with Crippen molar-refractivity contribution < 1.29 is 5.11 Å². The number of imidazole rings is 1. The fourth-order valence-electron chi connectivity index (χ4n) is 1.53. The lowest BCUT2D eigenvalue weighted by molar-refractivity contribution is 0.276. The average molecular weight is 336 g/mol. The van der Waals surface area contributed by atoms with Crippen LogP contribution in [0.5, 0.6) is 0 Å². The fourth-order valence-corrected chi connectivity index (χ4v) is 2.21. The summed E-state index contributed by atoms with van der Waals surface area (Å²) in [6.45, 7) is -0.115. The molecule has 0 fully saturated rings. The Bertz CT molecular complexity index is 569. The first kappa shape index (κ1) is 12.9. The van der Waals surface area contributed by atoms with Crippen molar-refractivity contribution in [2.24, 2.45) is 7.05 Å². The van der Waals surface area contributed by atoms with E-state index in [1.807, 2.05) is 17.7 Å². The summed E-state index contributed by atoms with van der Waals surface area (Å²) in [6, 6.07) is 5.31. The lowest BCUT2D eigenvalue weighted by Gasteiger charge is -2.03. The zero-order chi connectivity index (χ0) is 12.6. The molecule has 1 aromatic heterocycles. The lowest BCUT2D eigenvalue weighted by Crippen LogP contribution is -1.92. The van der Waals surface area contributed by atoms with Crippen molar-refractivity contribution in [3.8, 4) is 11.4 Å². The molecule has 1 heterocycles. The molecule has 1 N–H and O–H groups in total. The van der Waals surface area contributed by atoms with E-state index in [0.29, 0.717) is 15.7 Å². The molecular formula is C11H9BrCl2N2O. The van der Waals surface area contributed by atoms with Crippen LogP contribution in [0.3, 0.4) is 0 Å². The van der Waals surface area contributed by atoms with Crippen LogP contribution in [0.1, 0.15) is 5.69 Å². The number of halogens is 3. The van der Waals surface area contributed by atoms with Gasteiger partial charge in [0.05, 0.1) is 22.3 Å². The SMILES string of the molecule is Cn1c(-c2ccc(Cl)c(Cl)c2)nc(CO)c1Br. The predicted molar refractivity (Wildman–Crippen MR) is 72.3 cm³/mol. The van der Waals surface area contributed by atoms with Gasteiger partial charge in [-0.3, -0.25) is 0 Å². The van der Waals surface area contributed by atoms with Crippen molar-refractivity contribution in [3.05, 3.63) is 38.5 Å². The quantitative estimate of drug-likeness (QED) is 0.909. The maximum absolute atomic E-state index is 9.15. The summed E-state index contributed by atoms with van der Waals surface area (Å²) in [4.78, 5) is 4.33. The molecule has 3 nitrogen and oxygen atoms in total. The van der Waals surface area contributed by atoms with Gasteiger partial charge in [-0.1, -0.05) is 23.2 Å². The number of benzene rings is 1. The number of hydrogen-bond donors (Lipinski definition) is 1. The molecule has 0 radical (unpaired) electrons. The van der Waals surface area contributed by atoms with Crippen LogP contribution in [0.2, 0.25) is 10.0 Å². The molecule has 2 rings (SSSR count). The number of aromatic nitrogens is 2. The second-order valence-corrected chi connectivity index (χ2v) is 5.08. The summed E-state index contributed by atoms with van der Waals surface area (Å²) in [5.41, 5.74) is 1.44. The maximum Gasteiger partial charge on any atom is 0.141 e. The van der Waals surface area contributed by atoms with Gasteiger partial charge in [0.15, 0.2) is 0 Å². The van der Waals surface area contributed by atoms with Gasteiger partial charge in [-0.25, -0.2) is 4.98 Å². The van der Waals surface area contributed by atoms with Gasteiger partial charge in [0, 0.05) is 12.6 Å². The van der Waals surface area contributed by atoms with Gasteiger partial charge in [0.25, 0.3) is 0 Å². The highest BCUT2D eigenvalue weighted by atomic mass is 79.9. The lowest BCUT2D eigenvalue weighted by atomic mass is 10.2. The summed E-state index contributed by atoms with van der Waals surface area (Å²) < 4.78 is 2.59. The molecule has 0 aliphatic rings. The minimum Gasteiger partial charge on any atom is -0.390 e. The summed E-state index contributed by atoms with van der Waals surface area (Å²) in [5, 5.41) is 10.1. The number of rotatable bonds is 2. The number of aliphatic hydroxyl groups excluding tert-OH is 1. The first-order valence-electron chi connectivity index (χ1n) is 4.82. The van der Waals surface area contributed by atoms with E-state index in [4.69, 9.17) is 28.3 Å². The van der Waals surface area contributed by atoms with Crippen LogP contribution in [-0.2, 0) is 13.7 Å². The highest BCUT2D eigenvalue weighted by molar-refractivity contribution is 9.10. The first-order valence-corrected chi connectivity index (χ1v) is 6.37. The maximum atomic E-state index is 9.15. The van der Waals surface area contributed by atoms with E-state index in [9.17, 15) is 0 Å². The molecule has 2 aromatic rings. The van der Waals surface area contributed by atoms with Crippen molar-refractivity contribution in [2.45, 2.75) is 6.61 Å². The second kappa shape index (κ2) is 4.98. The summed E-state index contributed by atoms with van der Waals surface area (Å²) in [6.07, 6.45) is 0. The molecule has 0 unspecified atom stereocenters. The molecule has 0 amide bonds. The van der Waals surface area contributed by atoms with Gasteiger partial charge >= 0.3 is 0 Å². The zero-order valence-electron chi connectivity index (χ0n) is 8.91. The van der Waals surface area contributed by atoms with Crippen molar-refractivity contribution in [3.63, 3.8) is 0 Å². The van der Waals surface area contributed by atoms with Crippen LogP contribution in [0.4, 0.5) is 0 Å². The standard InChI is InChI=1S/C11H9BrCl2N2O/c1-16-10(12)9(5-17)15-11(16)6-2-3-7(13)8(14)4-6/h2-4,17H,5H2,1H3. The minimum atomic E-state index is -0.115. The largest absolute Gasteiger partial charge is 0.390 e. The molecule has 0 spiro atoms. The molecule has 0 atom stereocenters. The van der Waals surface area contributed by atoms with E-state index in [0.717, 1.165) is 16.0 Å². The Kier molecular flexibility index (Phi) is 3.78. The smallest absolute Gasteiger partial charge is 0.141 e. The van der Waals surface area contributed by atoms with E-state index >= 15 is 0 Å². The Balaban J connectivity index is 2.56. The highest BCUT2D eigenvalue weighted by Gasteiger charge is 2.13. The van der Waals surface area contributed by atoms with Crippen LogP contribution < -0.4 is 0 Å². The van der Waals surface area contributed by atoms with Crippen LogP contribution >= 0.6 is 39.1 Å². The molecule has 17 heavy (non-hydrogen) atoms. The molecule has 90 valence electrons. The van der Waals surface area contributed by atoms with Gasteiger partial charge in [-0.15, -0.1) is 0 Å². The molecule has 0 saturated carbocycles. The fraction of sp³-hybridized carbons (Fsp3) is 0.182. The Morgan fingerprint density at radius 1 is 1.35 bits per heavy atom. The normalized spacial score (nSPS) is 10.9. The predicted octanol–water partition coefficient (Wildman–Crippen LogP) is 3.65. The average Bonchev–Trinajstić information content (AvgIpc) is 2.60. The summed E-state index contributed by atoms with van der Waals surface area (Å²) in [5.74, 6) is 0.722. The monoisotopic (exact) mass is 334 g/mol. The van der Waals surface area contributed by atoms with Crippen LogP contribution in [-0.4, -0.2) is 14.7 Å². The van der Waals surface area contributed by atoms with Gasteiger partial charge in [0.1, 0.15) is 10.4 Å². The Morgan fingerprint density at radius 3 is 2.59 bits per heavy atom. The molecular weight excluding hydrogens is 327 g/mol. The van der Waals surface area contributed by atoms with E-state index in [2.05, 4.69) is 20.9 Å². The molecule has 0 saturated heterocycles. The van der Waals surface area contributed by atoms with Crippen molar-refractivity contribution in [2.75, 3.05) is 0 Å². The van der Waals surface area contributed by atoms with Gasteiger partial charge in [0.2, 0.25) is 0 Å². The topological polar surface area (TPSA) is 38.0 Å². The number of aliphatic hydroxyl groups is 1. The highest BCUT2D eigenvalue weighted by Crippen LogP contribution is 2.30. The Hall–Kier alpha value is -0.550. The first-order chi connectivity index (χ1) is 8.04. The van der Waals surface area contributed by atoms with Crippen molar-refractivity contribution in [1.82, 2.24) is 9.55 Å². The van der Waals surface area contributed by atoms with Gasteiger partial charge in [-0.2, -0.15) is 0 Å². The van der Waals surface area contributed by atoms with Crippen LogP contribution in [0.15, 0.2) is 22.8 Å². The summed E-state index contributed by atoms with van der Waals surface area (Å²) in [7, 11) is 1.86. The third kappa shape index (κ3) is 2.36.